The summed E-state index contributed by atoms with van der Waals surface area (Å²) in [4.78, 5) is 17.7. The predicted octanol–water partition coefficient (Wildman–Crippen LogP) is 3.10. The molecular formula is C15H22N4OS2. The number of thiophene rings is 1. The summed E-state index contributed by atoms with van der Waals surface area (Å²) in [6.45, 7) is 6.89. The van der Waals surface area contributed by atoms with Gasteiger partial charge in [-0.1, -0.05) is 31.7 Å². The molecule has 1 amide bonds. The van der Waals surface area contributed by atoms with Gasteiger partial charge >= 0.3 is 0 Å². The van der Waals surface area contributed by atoms with Crippen LogP contribution < -0.4 is 5.32 Å². The van der Waals surface area contributed by atoms with Crippen LogP contribution in [0.3, 0.4) is 0 Å². The Morgan fingerprint density at radius 2 is 2.27 bits per heavy atom. The van der Waals surface area contributed by atoms with Gasteiger partial charge in [0.05, 0.1) is 5.25 Å². The molecule has 7 heteroatoms. The van der Waals surface area contributed by atoms with E-state index in [1.165, 1.54) is 16.6 Å². The lowest BCUT2D eigenvalue weighted by molar-refractivity contribution is -0.120. The Bertz CT molecular complexity index is 580. The highest BCUT2D eigenvalue weighted by Gasteiger charge is 2.17. The van der Waals surface area contributed by atoms with Crippen LogP contribution in [0.25, 0.3) is 0 Å². The summed E-state index contributed by atoms with van der Waals surface area (Å²) >= 11 is 3.08. The van der Waals surface area contributed by atoms with Crippen molar-refractivity contribution in [1.29, 1.82) is 0 Å². The van der Waals surface area contributed by atoms with Crippen LogP contribution in [0.2, 0.25) is 0 Å². The van der Waals surface area contributed by atoms with Crippen LogP contribution in [0.1, 0.15) is 37.9 Å². The van der Waals surface area contributed by atoms with Crippen molar-refractivity contribution < 1.29 is 4.79 Å². The first-order valence-electron chi connectivity index (χ1n) is 7.42. The van der Waals surface area contributed by atoms with E-state index in [2.05, 4.69) is 40.4 Å². The van der Waals surface area contributed by atoms with Crippen LogP contribution in [0.4, 0.5) is 0 Å². The number of hydrogen-bond donors (Lipinski definition) is 2. The summed E-state index contributed by atoms with van der Waals surface area (Å²) in [5, 5.41) is 12.5. The largest absolute Gasteiger partial charge is 0.355 e. The molecule has 120 valence electrons. The number of amides is 1. The molecule has 0 fully saturated rings. The number of H-pyrrole nitrogens is 1. The maximum atomic E-state index is 12.0. The van der Waals surface area contributed by atoms with E-state index in [9.17, 15) is 4.79 Å². The van der Waals surface area contributed by atoms with Gasteiger partial charge in [-0.3, -0.25) is 9.89 Å². The van der Waals surface area contributed by atoms with Gasteiger partial charge in [-0.05, 0) is 30.7 Å². The van der Waals surface area contributed by atoms with E-state index in [4.69, 9.17) is 0 Å². The first-order chi connectivity index (χ1) is 10.5. The van der Waals surface area contributed by atoms with Gasteiger partial charge in [-0.15, -0.1) is 16.4 Å². The Morgan fingerprint density at radius 3 is 2.95 bits per heavy atom. The van der Waals surface area contributed by atoms with E-state index in [1.807, 2.05) is 18.4 Å². The van der Waals surface area contributed by atoms with Crippen molar-refractivity contribution in [2.24, 2.45) is 5.92 Å². The molecule has 0 aromatic carbocycles. The number of hydrogen-bond acceptors (Lipinski definition) is 5. The maximum absolute atomic E-state index is 12.0. The highest BCUT2D eigenvalue weighted by molar-refractivity contribution is 8.00. The zero-order valence-electron chi connectivity index (χ0n) is 13.1. The van der Waals surface area contributed by atoms with Crippen molar-refractivity contribution in [3.05, 3.63) is 28.2 Å². The zero-order valence-corrected chi connectivity index (χ0v) is 14.8. The Balaban J connectivity index is 1.80. The molecule has 0 aliphatic rings. The molecule has 1 atom stereocenters. The summed E-state index contributed by atoms with van der Waals surface area (Å²) in [7, 11) is 0. The average molecular weight is 339 g/mol. The minimum atomic E-state index is -0.197. The van der Waals surface area contributed by atoms with Crippen molar-refractivity contribution >= 4 is 29.0 Å². The van der Waals surface area contributed by atoms with Gasteiger partial charge in [0, 0.05) is 17.8 Å². The molecule has 0 bridgehead atoms. The average Bonchev–Trinajstić information content (AvgIpc) is 3.11. The molecule has 0 spiro atoms. The maximum Gasteiger partial charge on any atom is 0.233 e. The van der Waals surface area contributed by atoms with Crippen molar-refractivity contribution in [3.63, 3.8) is 0 Å². The number of nitrogens with one attached hydrogen (secondary N) is 2. The minimum absolute atomic E-state index is 0.0373. The fraction of sp³-hybridized carbons (Fsp3) is 0.533. The Hall–Kier alpha value is -1.34. The monoisotopic (exact) mass is 338 g/mol. The first-order valence-corrected chi connectivity index (χ1v) is 9.18. The van der Waals surface area contributed by atoms with Crippen LogP contribution in [0, 0.1) is 5.92 Å². The molecule has 0 radical (unpaired) electrons. The Morgan fingerprint density at radius 1 is 1.45 bits per heavy atom. The summed E-state index contributed by atoms with van der Waals surface area (Å²) in [6.07, 6.45) is 1.74. The van der Waals surface area contributed by atoms with E-state index in [0.29, 0.717) is 11.1 Å². The van der Waals surface area contributed by atoms with E-state index >= 15 is 0 Å². The molecule has 2 rings (SSSR count). The van der Waals surface area contributed by atoms with Crippen LogP contribution >= 0.6 is 23.1 Å². The number of carbonyl (C=O) groups is 1. The number of nitrogens with zero attached hydrogens (tertiary/aromatic N) is 2. The van der Waals surface area contributed by atoms with Gasteiger partial charge < -0.3 is 5.32 Å². The van der Waals surface area contributed by atoms with Gasteiger partial charge in [0.2, 0.25) is 11.1 Å². The quantitative estimate of drug-likeness (QED) is 0.726. The SMILES string of the molecule is CC(C)CCNC(=O)C(C)Sc1n[nH]c(Cc2cccs2)n1. The lowest BCUT2D eigenvalue weighted by Gasteiger charge is -2.11. The number of thioether (sulfide) groups is 1. The molecule has 2 N–H and O–H groups in total. The molecule has 0 aliphatic heterocycles. The van der Waals surface area contributed by atoms with Gasteiger partial charge in [0.25, 0.3) is 0 Å². The molecule has 2 aromatic rings. The van der Waals surface area contributed by atoms with Crippen molar-refractivity contribution in [1.82, 2.24) is 20.5 Å². The van der Waals surface area contributed by atoms with E-state index in [-0.39, 0.29) is 11.2 Å². The Labute approximate surface area is 139 Å². The van der Waals surface area contributed by atoms with Crippen molar-refractivity contribution in [2.75, 3.05) is 6.54 Å². The topological polar surface area (TPSA) is 70.7 Å². The standard InChI is InChI=1S/C15H22N4OS2/c1-10(2)6-7-16-14(20)11(3)22-15-17-13(18-19-15)9-12-5-4-8-21-12/h4-5,8,10-11H,6-7,9H2,1-3H3,(H,16,20)(H,17,18,19). The minimum Gasteiger partial charge on any atom is -0.355 e. The third-order valence-corrected chi connectivity index (χ3v) is 4.94. The fourth-order valence-corrected chi connectivity index (χ4v) is 3.30. The summed E-state index contributed by atoms with van der Waals surface area (Å²) in [5.74, 6) is 1.46. The summed E-state index contributed by atoms with van der Waals surface area (Å²) in [6, 6.07) is 4.10. The van der Waals surface area contributed by atoms with Crippen molar-refractivity contribution in [2.45, 2.75) is 44.0 Å². The second kappa shape index (κ2) is 8.33. The van der Waals surface area contributed by atoms with E-state index < -0.39 is 0 Å². The predicted molar refractivity (Wildman–Crippen MR) is 91.3 cm³/mol. The molecule has 0 saturated heterocycles. The fourth-order valence-electron chi connectivity index (χ4n) is 1.83. The molecule has 0 aliphatic carbocycles. The summed E-state index contributed by atoms with van der Waals surface area (Å²) in [5.41, 5.74) is 0. The van der Waals surface area contributed by atoms with Crippen molar-refractivity contribution in [3.8, 4) is 0 Å². The highest BCUT2D eigenvalue weighted by atomic mass is 32.2. The molecule has 22 heavy (non-hydrogen) atoms. The number of aromatic amines is 1. The van der Waals surface area contributed by atoms with Gasteiger partial charge in [-0.2, -0.15) is 0 Å². The highest BCUT2D eigenvalue weighted by Crippen LogP contribution is 2.20. The van der Waals surface area contributed by atoms with Crippen LogP contribution in [-0.4, -0.2) is 32.9 Å². The third kappa shape index (κ3) is 5.46. The van der Waals surface area contributed by atoms with E-state index in [1.54, 1.807) is 11.3 Å². The lowest BCUT2D eigenvalue weighted by Crippen LogP contribution is -2.32. The van der Waals surface area contributed by atoms with Gasteiger partial charge in [-0.25, -0.2) is 4.98 Å². The second-order valence-corrected chi connectivity index (χ2v) is 7.89. The van der Waals surface area contributed by atoms with Gasteiger partial charge in [0.1, 0.15) is 5.82 Å². The van der Waals surface area contributed by atoms with Crippen LogP contribution in [0.15, 0.2) is 22.7 Å². The molecule has 5 nitrogen and oxygen atoms in total. The number of rotatable bonds is 8. The molecular weight excluding hydrogens is 316 g/mol. The zero-order chi connectivity index (χ0) is 15.9. The van der Waals surface area contributed by atoms with Crippen LogP contribution in [-0.2, 0) is 11.2 Å². The van der Waals surface area contributed by atoms with Crippen LogP contribution in [0.5, 0.6) is 0 Å². The second-order valence-electron chi connectivity index (χ2n) is 5.55. The third-order valence-electron chi connectivity index (χ3n) is 3.11. The smallest absolute Gasteiger partial charge is 0.233 e. The molecule has 0 saturated carbocycles. The summed E-state index contributed by atoms with van der Waals surface area (Å²) < 4.78 is 0. The normalized spacial score (nSPS) is 12.5. The Kier molecular flexibility index (Phi) is 6.45. The lowest BCUT2D eigenvalue weighted by atomic mass is 10.1. The first kappa shape index (κ1) is 17.0. The number of aromatic nitrogens is 3. The molecule has 2 heterocycles. The van der Waals surface area contributed by atoms with E-state index in [0.717, 1.165) is 25.2 Å². The molecule has 2 aromatic heterocycles. The van der Waals surface area contributed by atoms with Gasteiger partial charge in [0.15, 0.2) is 0 Å². The molecule has 1 unspecified atom stereocenters. The number of carbonyl (C=O) groups excluding carboxylic acids is 1.